The van der Waals surface area contributed by atoms with Gasteiger partial charge in [0, 0.05) is 32.2 Å². The number of rotatable bonds is 4. The molecule has 11 heteroatoms. The Morgan fingerprint density at radius 3 is 2.59 bits per heavy atom. The molecule has 0 aliphatic carbocycles. The summed E-state index contributed by atoms with van der Waals surface area (Å²) in [4.78, 5) is 20.5. The minimum absolute atomic E-state index is 0.105. The fourth-order valence-corrected chi connectivity index (χ4v) is 3.23. The molecule has 1 amide bonds. The molecule has 0 bridgehead atoms. The maximum absolute atomic E-state index is 12.8. The average Bonchev–Trinajstić information content (AvgIpc) is 3.55. The number of hydrogen-bond donors (Lipinski definition) is 1. The first kappa shape index (κ1) is 17.1. The Kier molecular flexibility index (Phi) is 4.24. The number of aromatic amines is 1. The maximum Gasteiger partial charge on any atom is 0.274 e. The number of nitrogens with one attached hydrogen (secondary N) is 1. The van der Waals surface area contributed by atoms with Crippen LogP contribution in [0.1, 0.15) is 10.5 Å². The van der Waals surface area contributed by atoms with E-state index in [9.17, 15) is 4.79 Å². The number of carbonyl (C=O) groups is 1. The largest absolute Gasteiger partial charge is 0.463 e. The van der Waals surface area contributed by atoms with Crippen molar-refractivity contribution >= 4 is 11.7 Å². The second-order valence-corrected chi connectivity index (χ2v) is 6.51. The van der Waals surface area contributed by atoms with Gasteiger partial charge in [-0.15, -0.1) is 10.2 Å². The van der Waals surface area contributed by atoms with Crippen LogP contribution in [0.2, 0.25) is 0 Å². The van der Waals surface area contributed by atoms with Crippen LogP contribution >= 0.6 is 0 Å². The summed E-state index contributed by atoms with van der Waals surface area (Å²) in [6, 6.07) is 9.05. The fraction of sp³-hybridized carbons (Fsp3) is 0.222. The summed E-state index contributed by atoms with van der Waals surface area (Å²) in [5.74, 6) is 1.91. The first-order valence-corrected chi connectivity index (χ1v) is 9.10. The highest BCUT2D eigenvalue weighted by Gasteiger charge is 2.25. The quantitative estimate of drug-likeness (QED) is 0.547. The van der Waals surface area contributed by atoms with Crippen molar-refractivity contribution in [2.24, 2.45) is 0 Å². The Labute approximate surface area is 165 Å². The van der Waals surface area contributed by atoms with Crippen LogP contribution in [0.25, 0.3) is 17.3 Å². The van der Waals surface area contributed by atoms with Crippen LogP contribution in [-0.4, -0.2) is 72.1 Å². The lowest BCUT2D eigenvalue weighted by atomic mass is 10.2. The molecule has 1 fully saturated rings. The Morgan fingerprint density at radius 2 is 1.90 bits per heavy atom. The van der Waals surface area contributed by atoms with Crippen LogP contribution < -0.4 is 4.90 Å². The van der Waals surface area contributed by atoms with Crippen LogP contribution in [0.5, 0.6) is 0 Å². The van der Waals surface area contributed by atoms with Crippen molar-refractivity contribution in [3.8, 4) is 17.3 Å². The van der Waals surface area contributed by atoms with Gasteiger partial charge in [-0.3, -0.25) is 9.89 Å². The lowest BCUT2D eigenvalue weighted by molar-refractivity contribution is 0.0740. The predicted molar refractivity (Wildman–Crippen MR) is 101 cm³/mol. The number of H-pyrrole nitrogens is 1. The van der Waals surface area contributed by atoms with Crippen molar-refractivity contribution in [3.05, 3.63) is 54.9 Å². The number of amides is 1. The molecule has 1 aliphatic heterocycles. The van der Waals surface area contributed by atoms with Gasteiger partial charge >= 0.3 is 0 Å². The first-order valence-electron chi connectivity index (χ1n) is 9.10. The highest BCUT2D eigenvalue weighted by atomic mass is 16.3. The topological polar surface area (TPSA) is 122 Å². The van der Waals surface area contributed by atoms with E-state index in [0.29, 0.717) is 49.1 Å². The van der Waals surface area contributed by atoms with Crippen molar-refractivity contribution in [1.29, 1.82) is 0 Å². The molecule has 1 saturated heterocycles. The molecule has 29 heavy (non-hydrogen) atoms. The molecule has 4 aromatic rings. The van der Waals surface area contributed by atoms with E-state index < -0.39 is 0 Å². The van der Waals surface area contributed by atoms with Gasteiger partial charge < -0.3 is 14.2 Å². The van der Waals surface area contributed by atoms with Crippen molar-refractivity contribution in [3.63, 3.8) is 0 Å². The van der Waals surface area contributed by atoms with E-state index >= 15 is 0 Å². The highest BCUT2D eigenvalue weighted by Crippen LogP contribution is 2.19. The number of aromatic nitrogens is 7. The predicted octanol–water partition coefficient (Wildman–Crippen LogP) is 1.00. The Bertz CT molecular complexity index is 1080. The van der Waals surface area contributed by atoms with Gasteiger partial charge in [-0.1, -0.05) is 0 Å². The molecule has 0 unspecified atom stereocenters. The van der Waals surface area contributed by atoms with E-state index in [4.69, 9.17) is 4.42 Å². The molecule has 5 heterocycles. The third-order valence-electron chi connectivity index (χ3n) is 4.76. The molecule has 0 spiro atoms. The molecule has 11 nitrogen and oxygen atoms in total. The molecule has 1 aliphatic rings. The van der Waals surface area contributed by atoms with Crippen LogP contribution in [0, 0.1) is 0 Å². The van der Waals surface area contributed by atoms with Crippen LogP contribution in [-0.2, 0) is 0 Å². The van der Waals surface area contributed by atoms with Crippen LogP contribution in [0.3, 0.4) is 0 Å². The SMILES string of the molecule is O=C(c1cc(-c2ccco2)[nH]n1)N1CCN(c2ccc(-n3cncn3)nn2)CC1. The van der Waals surface area contributed by atoms with E-state index in [1.54, 1.807) is 34.3 Å². The number of hydrogen-bond acceptors (Lipinski definition) is 8. The van der Waals surface area contributed by atoms with E-state index in [2.05, 4.69) is 35.4 Å². The summed E-state index contributed by atoms with van der Waals surface area (Å²) in [5, 5.41) is 19.5. The average molecular weight is 391 g/mol. The summed E-state index contributed by atoms with van der Waals surface area (Å²) < 4.78 is 6.88. The molecule has 0 saturated carbocycles. The van der Waals surface area contributed by atoms with Gasteiger partial charge in [0.2, 0.25) is 0 Å². The summed E-state index contributed by atoms with van der Waals surface area (Å²) in [6.07, 6.45) is 4.60. The van der Waals surface area contributed by atoms with E-state index in [0.717, 1.165) is 5.82 Å². The molecule has 0 radical (unpaired) electrons. The molecule has 0 aromatic carbocycles. The number of carbonyl (C=O) groups excluding carboxylic acids is 1. The number of anilines is 1. The second kappa shape index (κ2) is 7.19. The Balaban J connectivity index is 1.22. The number of furan rings is 1. The normalized spacial score (nSPS) is 14.3. The van der Waals surface area contributed by atoms with Gasteiger partial charge in [0.25, 0.3) is 5.91 Å². The highest BCUT2D eigenvalue weighted by molar-refractivity contribution is 5.93. The third-order valence-corrected chi connectivity index (χ3v) is 4.76. The van der Waals surface area contributed by atoms with Gasteiger partial charge in [-0.2, -0.15) is 10.2 Å². The molecule has 4 aromatic heterocycles. The van der Waals surface area contributed by atoms with Gasteiger partial charge in [0.1, 0.15) is 18.3 Å². The first-order chi connectivity index (χ1) is 14.3. The van der Waals surface area contributed by atoms with Gasteiger partial charge in [0.05, 0.1) is 6.26 Å². The maximum atomic E-state index is 12.8. The fourth-order valence-electron chi connectivity index (χ4n) is 3.23. The zero-order chi connectivity index (χ0) is 19.6. The van der Waals surface area contributed by atoms with Crippen molar-refractivity contribution < 1.29 is 9.21 Å². The second-order valence-electron chi connectivity index (χ2n) is 6.51. The number of piperazine rings is 1. The third kappa shape index (κ3) is 3.33. The van der Waals surface area contributed by atoms with Crippen LogP contribution in [0.15, 0.2) is 53.7 Å². The van der Waals surface area contributed by atoms with Crippen molar-refractivity contribution in [1.82, 2.24) is 40.1 Å². The number of nitrogens with zero attached hydrogens (tertiary/aromatic N) is 8. The van der Waals surface area contributed by atoms with Crippen molar-refractivity contribution in [2.45, 2.75) is 0 Å². The standard InChI is InChI=1S/C18H17N9O2/c28-18(14-10-13(21-22-14)15-2-1-9-29-15)26-7-5-25(6-8-26)16-3-4-17(24-23-16)27-12-19-11-20-27/h1-4,9-12H,5-8H2,(H,21,22). The smallest absolute Gasteiger partial charge is 0.274 e. The van der Waals surface area contributed by atoms with Gasteiger partial charge in [-0.05, 0) is 24.3 Å². The molecule has 5 rings (SSSR count). The zero-order valence-corrected chi connectivity index (χ0v) is 15.3. The summed E-state index contributed by atoms with van der Waals surface area (Å²) in [6.45, 7) is 2.49. The molecule has 0 atom stereocenters. The summed E-state index contributed by atoms with van der Waals surface area (Å²) in [7, 11) is 0. The zero-order valence-electron chi connectivity index (χ0n) is 15.3. The summed E-state index contributed by atoms with van der Waals surface area (Å²) in [5.41, 5.74) is 1.06. The van der Waals surface area contributed by atoms with Gasteiger partial charge in [-0.25, -0.2) is 9.67 Å². The summed E-state index contributed by atoms with van der Waals surface area (Å²) >= 11 is 0. The van der Waals surface area contributed by atoms with Crippen molar-refractivity contribution in [2.75, 3.05) is 31.1 Å². The van der Waals surface area contributed by atoms with Gasteiger partial charge in [0.15, 0.2) is 23.1 Å². The monoisotopic (exact) mass is 391 g/mol. The minimum atomic E-state index is -0.105. The Hall–Kier alpha value is -4.02. The molecule has 146 valence electrons. The van der Waals surface area contributed by atoms with Crippen LogP contribution in [0.4, 0.5) is 5.82 Å². The molecular formula is C18H17N9O2. The Morgan fingerprint density at radius 1 is 1.07 bits per heavy atom. The van der Waals surface area contributed by atoms with E-state index in [1.165, 1.54) is 6.33 Å². The molecule has 1 N–H and O–H groups in total. The lowest BCUT2D eigenvalue weighted by Gasteiger charge is -2.34. The van der Waals surface area contributed by atoms with E-state index in [-0.39, 0.29) is 5.91 Å². The lowest BCUT2D eigenvalue weighted by Crippen LogP contribution is -2.49. The van der Waals surface area contributed by atoms with E-state index in [1.807, 2.05) is 18.2 Å². The minimum Gasteiger partial charge on any atom is -0.463 e. The molecular weight excluding hydrogens is 374 g/mol.